The quantitative estimate of drug-likeness (QED) is 0.0825. The van der Waals surface area contributed by atoms with Gasteiger partial charge in [-0.15, -0.1) is 0 Å². The van der Waals surface area contributed by atoms with E-state index in [-0.39, 0.29) is 107 Å². The van der Waals surface area contributed by atoms with E-state index in [0.29, 0.717) is 36.5 Å². The molecule has 10 bridgehead atoms. The number of rotatable bonds is 16. The minimum atomic E-state index is -4.93. The summed E-state index contributed by atoms with van der Waals surface area (Å²) in [6.07, 6.45) is 2.07. The molecule has 72 heavy (non-hydrogen) atoms. The minimum absolute atomic E-state index is 0.0586. The van der Waals surface area contributed by atoms with Crippen LogP contribution in [0.1, 0.15) is 81.1 Å². The lowest BCUT2D eigenvalue weighted by atomic mass is 10.1. The molecule has 0 aromatic heterocycles. The van der Waals surface area contributed by atoms with Crippen LogP contribution in [0.2, 0.25) is 0 Å². The van der Waals surface area contributed by atoms with E-state index in [2.05, 4.69) is 0 Å². The summed E-state index contributed by atoms with van der Waals surface area (Å²) in [6, 6.07) is 21.0. The fraction of sp³-hybridized carbons (Fsp3) is 0.385. The van der Waals surface area contributed by atoms with Crippen molar-refractivity contribution in [2.45, 2.75) is 101 Å². The number of hydrogen-bond acceptors (Lipinski definition) is 16. The van der Waals surface area contributed by atoms with Gasteiger partial charge in [0.15, 0.2) is 0 Å². The first-order chi connectivity index (χ1) is 33.9. The molecule has 0 unspecified atom stereocenters. The number of hydrogen-bond donors (Lipinski definition) is 0. The van der Waals surface area contributed by atoms with Crippen molar-refractivity contribution in [3.05, 3.63) is 97.1 Å². The molecule has 0 radical (unpaired) electrons. The predicted octanol–water partition coefficient (Wildman–Crippen LogP) is 11.1. The molecule has 0 saturated carbocycles. The van der Waals surface area contributed by atoms with E-state index in [9.17, 15) is 33.7 Å². The van der Waals surface area contributed by atoms with Crippen LogP contribution in [0.4, 0.5) is 0 Å². The standard InChI is InChI=1S/C52H60O16S4/c1-33(2)17-21-61-45-29-46(62-22-18-34(3)4)50-31-49(45)69(53,54)65-41-13-9-37-11-15-43(26-39(37)25-41)67-71(57,58)51-32-52(48(64-24-20-36(7)8)30-47(51)63-23-19-35(5)6)72(59,60)68-44-16-12-38-10-14-42(27-40(38)28-44)66-70(50,55)56/h9-16,25-36H,17-24H2,1-8H3. The van der Waals surface area contributed by atoms with Crippen molar-refractivity contribution in [2.24, 2.45) is 23.7 Å². The third-order valence-electron chi connectivity index (χ3n) is 11.3. The van der Waals surface area contributed by atoms with Gasteiger partial charge in [-0.1, -0.05) is 79.7 Å². The van der Waals surface area contributed by atoms with Crippen molar-refractivity contribution in [1.29, 1.82) is 0 Å². The van der Waals surface area contributed by atoms with Crippen molar-refractivity contribution < 1.29 is 69.4 Å². The fourth-order valence-corrected chi connectivity index (χ4v) is 11.6. The molecule has 0 fully saturated rings. The van der Waals surface area contributed by atoms with E-state index in [4.69, 9.17) is 35.7 Å². The predicted molar refractivity (Wildman–Crippen MR) is 272 cm³/mol. The molecule has 1 aliphatic rings. The average molecular weight is 1070 g/mol. The first kappa shape index (κ1) is 53.8. The second kappa shape index (κ2) is 22.0. The Hall–Kier alpha value is -5.96. The molecule has 0 saturated heterocycles. The highest BCUT2D eigenvalue weighted by atomic mass is 32.2. The summed E-state index contributed by atoms with van der Waals surface area (Å²) >= 11 is 0. The molecule has 0 aliphatic carbocycles. The van der Waals surface area contributed by atoms with Crippen LogP contribution >= 0.6 is 0 Å². The third kappa shape index (κ3) is 13.4. The molecule has 1 heterocycles. The normalized spacial score (nSPS) is 15.8. The van der Waals surface area contributed by atoms with Gasteiger partial charge in [-0.3, -0.25) is 0 Å². The Labute approximate surface area is 423 Å². The van der Waals surface area contributed by atoms with Crippen molar-refractivity contribution in [3.8, 4) is 46.0 Å². The third-order valence-corrected chi connectivity index (χ3v) is 16.4. The van der Waals surface area contributed by atoms with Crippen LogP contribution in [-0.2, 0) is 40.5 Å². The van der Waals surface area contributed by atoms with E-state index in [0.717, 1.165) is 12.1 Å². The molecule has 20 heteroatoms. The highest BCUT2D eigenvalue weighted by molar-refractivity contribution is 7.88. The van der Waals surface area contributed by atoms with Gasteiger partial charge in [0.2, 0.25) is 0 Å². The van der Waals surface area contributed by atoms with Crippen molar-refractivity contribution in [2.75, 3.05) is 26.4 Å². The van der Waals surface area contributed by atoms with Gasteiger partial charge in [-0.05, 0) is 132 Å². The summed E-state index contributed by atoms with van der Waals surface area (Å²) < 4.78 is 163. The van der Waals surface area contributed by atoms with Crippen LogP contribution in [-0.4, -0.2) is 60.1 Å². The Balaban J connectivity index is 1.44. The highest BCUT2D eigenvalue weighted by Crippen LogP contribution is 2.41. The van der Waals surface area contributed by atoms with Crippen LogP contribution in [0.5, 0.6) is 46.0 Å². The Morgan fingerprint density at radius 3 is 0.750 bits per heavy atom. The molecule has 1 aliphatic heterocycles. The van der Waals surface area contributed by atoms with Gasteiger partial charge in [0, 0.05) is 12.1 Å². The summed E-state index contributed by atoms with van der Waals surface area (Å²) in [5.74, 6) is -1.24. The molecule has 388 valence electrons. The SMILES string of the molecule is CC(C)CCOc1cc(OCCC(C)C)c2cc1S(=O)(=O)Oc1ccc3ccc(cc3c1)OS(=O)(=O)c1cc(c(OCCC(C)C)cc1OCCC(C)C)S(=O)(=O)Oc1ccc3ccc(cc3c1)OS2(=O)=O. The van der Waals surface area contributed by atoms with Crippen LogP contribution in [0, 0.1) is 23.7 Å². The van der Waals surface area contributed by atoms with E-state index >= 15 is 0 Å². The van der Waals surface area contributed by atoms with Gasteiger partial charge in [-0.25, -0.2) is 0 Å². The van der Waals surface area contributed by atoms with Gasteiger partial charge in [0.25, 0.3) is 0 Å². The lowest BCUT2D eigenvalue weighted by molar-refractivity contribution is 0.265. The zero-order valence-corrected chi connectivity index (χ0v) is 44.6. The first-order valence-corrected chi connectivity index (χ1v) is 29.3. The van der Waals surface area contributed by atoms with Gasteiger partial charge in [0.05, 0.1) is 26.4 Å². The molecule has 0 spiro atoms. The lowest BCUT2D eigenvalue weighted by Gasteiger charge is -2.19. The van der Waals surface area contributed by atoms with Gasteiger partial charge in [0.1, 0.15) is 65.6 Å². The maximum atomic E-state index is 14.5. The maximum absolute atomic E-state index is 14.5. The molecular weight excluding hydrogens is 1010 g/mol. The van der Waals surface area contributed by atoms with Crippen molar-refractivity contribution in [1.82, 2.24) is 0 Å². The minimum Gasteiger partial charge on any atom is -0.492 e. The molecule has 0 amide bonds. The summed E-state index contributed by atoms with van der Waals surface area (Å²) in [7, 11) is -19.7. The van der Waals surface area contributed by atoms with Crippen LogP contribution < -0.4 is 35.7 Å². The largest absolute Gasteiger partial charge is 0.492 e. The van der Waals surface area contributed by atoms with Gasteiger partial charge < -0.3 is 35.7 Å². The molecule has 0 N–H and O–H groups in total. The Bertz CT molecular complexity index is 2970. The zero-order chi connectivity index (χ0) is 52.2. The lowest BCUT2D eigenvalue weighted by Crippen LogP contribution is -2.17. The summed E-state index contributed by atoms with van der Waals surface area (Å²) in [6.45, 7) is 15.9. The summed E-state index contributed by atoms with van der Waals surface area (Å²) in [4.78, 5) is -2.59. The van der Waals surface area contributed by atoms with E-state index in [1.54, 1.807) is 0 Å². The Morgan fingerprint density at radius 2 is 0.542 bits per heavy atom. The summed E-state index contributed by atoms with van der Waals surface area (Å²) in [5.41, 5.74) is 0. The Kier molecular flexibility index (Phi) is 16.5. The molecular formula is C52H60O16S4. The smallest absolute Gasteiger partial charge is 0.342 e. The monoisotopic (exact) mass is 1070 g/mol. The average Bonchev–Trinajstić information content (AvgIpc) is 3.27. The van der Waals surface area contributed by atoms with Crippen LogP contribution in [0.25, 0.3) is 21.5 Å². The van der Waals surface area contributed by atoms with Gasteiger partial charge in [-0.2, -0.15) is 33.7 Å². The van der Waals surface area contributed by atoms with E-state index in [1.165, 1.54) is 84.9 Å². The van der Waals surface area contributed by atoms with E-state index in [1.807, 2.05) is 55.4 Å². The molecule has 16 nitrogen and oxygen atoms in total. The maximum Gasteiger partial charge on any atom is 0.342 e. The van der Waals surface area contributed by atoms with E-state index < -0.39 is 60.1 Å². The summed E-state index contributed by atoms with van der Waals surface area (Å²) in [5, 5.41) is 1.57. The molecule has 6 aromatic rings. The number of ether oxygens (including phenoxy) is 4. The van der Waals surface area contributed by atoms with Crippen molar-refractivity contribution in [3.63, 3.8) is 0 Å². The topological polar surface area (TPSA) is 210 Å². The van der Waals surface area contributed by atoms with Crippen LogP contribution in [0.15, 0.2) is 117 Å². The van der Waals surface area contributed by atoms with Crippen LogP contribution in [0.3, 0.4) is 0 Å². The van der Waals surface area contributed by atoms with Gasteiger partial charge >= 0.3 is 40.5 Å². The Morgan fingerprint density at radius 1 is 0.319 bits per heavy atom. The first-order valence-electron chi connectivity index (χ1n) is 23.6. The highest BCUT2D eigenvalue weighted by Gasteiger charge is 2.34. The molecule has 6 aromatic carbocycles. The fourth-order valence-electron chi connectivity index (χ4n) is 7.20. The van der Waals surface area contributed by atoms with Crippen molar-refractivity contribution >= 4 is 62.0 Å². The second-order valence-electron chi connectivity index (χ2n) is 19.1. The molecule has 0 atom stereocenters. The molecule has 7 rings (SSSR count). The second-order valence-corrected chi connectivity index (χ2v) is 25.2. The zero-order valence-electron chi connectivity index (χ0n) is 41.4. The number of fused-ring (bicyclic) bond motifs is 8. The number of benzene rings is 6.